The normalized spacial score (nSPS) is 18.4. The number of amides is 1. The van der Waals surface area contributed by atoms with Crippen LogP contribution in [-0.2, 0) is 9.59 Å². The smallest absolute Gasteiger partial charge is 0.301 e. The average Bonchev–Trinajstić information content (AvgIpc) is 3.55. The van der Waals surface area contributed by atoms with E-state index < -0.39 is 35.1 Å². The first kappa shape index (κ1) is 22.0. The minimum absolute atomic E-state index is 0.0102. The monoisotopic (exact) mass is 508 g/mol. The van der Waals surface area contributed by atoms with Crippen LogP contribution in [0.1, 0.15) is 17.2 Å². The van der Waals surface area contributed by atoms with Gasteiger partial charge in [0.1, 0.15) is 11.5 Å². The van der Waals surface area contributed by atoms with Crippen molar-refractivity contribution in [2.24, 2.45) is 0 Å². The van der Waals surface area contributed by atoms with Crippen LogP contribution in [0.4, 0.5) is 13.9 Å². The average molecular weight is 508 g/mol. The Labute approximate surface area is 205 Å². The number of carbonyl (C=O) groups excluding carboxylic acids is 2. The molecule has 11 heteroatoms. The Kier molecular flexibility index (Phi) is 4.90. The lowest BCUT2D eigenvalue weighted by molar-refractivity contribution is -0.132. The van der Waals surface area contributed by atoms with Gasteiger partial charge in [0.2, 0.25) is 6.79 Å². The van der Waals surface area contributed by atoms with Crippen molar-refractivity contribution in [3.63, 3.8) is 0 Å². The summed E-state index contributed by atoms with van der Waals surface area (Å²) in [5, 5.41) is 21.0. The number of fused-ring (bicyclic) bond motifs is 2. The third kappa shape index (κ3) is 3.35. The molecule has 6 rings (SSSR count). The van der Waals surface area contributed by atoms with Gasteiger partial charge in [0.15, 0.2) is 28.3 Å². The zero-order valence-electron chi connectivity index (χ0n) is 18.1. The molecule has 1 atom stereocenters. The number of phenolic OH excluding ortho intramolecular Hbond substituents is 1. The summed E-state index contributed by atoms with van der Waals surface area (Å²) in [7, 11) is 0. The SMILES string of the molecule is O=C1C(=O)N(c2nc3cc(F)c(F)cc3s2)C(c2ccc(O)cc2)/C1=C(\O)c1ccc2c(c1)OCO2. The number of benzene rings is 3. The quantitative estimate of drug-likeness (QED) is 0.236. The molecule has 1 aromatic heterocycles. The second-order valence-corrected chi connectivity index (χ2v) is 9.07. The van der Waals surface area contributed by atoms with E-state index in [0.717, 1.165) is 28.4 Å². The summed E-state index contributed by atoms with van der Waals surface area (Å²) < 4.78 is 38.5. The Morgan fingerprint density at radius 2 is 1.72 bits per heavy atom. The number of thiazole rings is 1. The number of ether oxygens (including phenoxy) is 2. The number of Topliss-reactive ketones (excluding diaryl/α,β-unsaturated/α-hetero) is 1. The van der Waals surface area contributed by atoms with Gasteiger partial charge in [-0.25, -0.2) is 13.8 Å². The molecule has 1 amide bonds. The number of anilines is 1. The highest BCUT2D eigenvalue weighted by molar-refractivity contribution is 7.22. The fourth-order valence-electron chi connectivity index (χ4n) is 4.22. The highest BCUT2D eigenvalue weighted by atomic mass is 32.1. The van der Waals surface area contributed by atoms with Crippen molar-refractivity contribution in [2.45, 2.75) is 6.04 Å². The Balaban J connectivity index is 1.55. The molecule has 0 spiro atoms. The number of ketones is 1. The van der Waals surface area contributed by atoms with Crippen molar-refractivity contribution in [3.8, 4) is 17.2 Å². The summed E-state index contributed by atoms with van der Waals surface area (Å²) in [6.45, 7) is 0.0102. The Morgan fingerprint density at radius 3 is 2.50 bits per heavy atom. The summed E-state index contributed by atoms with van der Waals surface area (Å²) in [6, 6.07) is 11.1. The molecule has 2 aliphatic heterocycles. The Bertz CT molecular complexity index is 1580. The van der Waals surface area contributed by atoms with E-state index in [9.17, 15) is 28.6 Å². The molecular weight excluding hydrogens is 494 g/mol. The van der Waals surface area contributed by atoms with Gasteiger partial charge in [0.05, 0.1) is 21.8 Å². The molecule has 3 aromatic carbocycles. The summed E-state index contributed by atoms with van der Waals surface area (Å²) in [5.74, 6) is -3.78. The van der Waals surface area contributed by atoms with Gasteiger partial charge in [-0.2, -0.15) is 0 Å². The number of hydrogen-bond acceptors (Lipinski definition) is 8. The van der Waals surface area contributed by atoms with Gasteiger partial charge in [-0.3, -0.25) is 14.5 Å². The topological polar surface area (TPSA) is 109 Å². The van der Waals surface area contributed by atoms with Crippen LogP contribution in [0.2, 0.25) is 0 Å². The molecule has 2 N–H and O–H groups in total. The van der Waals surface area contributed by atoms with Crippen molar-refractivity contribution < 1.29 is 38.1 Å². The number of aliphatic hydroxyl groups is 1. The Hall–Kier alpha value is -4.51. The van der Waals surface area contributed by atoms with Gasteiger partial charge in [0, 0.05) is 11.6 Å². The number of aliphatic hydroxyl groups excluding tert-OH is 1. The van der Waals surface area contributed by atoms with E-state index in [1.54, 1.807) is 6.07 Å². The molecule has 1 saturated heterocycles. The number of nitrogens with zero attached hydrogens (tertiary/aromatic N) is 2. The maximum atomic E-state index is 13.8. The van der Waals surface area contributed by atoms with Crippen molar-refractivity contribution >= 4 is 44.1 Å². The maximum Gasteiger partial charge on any atom is 0.301 e. The van der Waals surface area contributed by atoms with Crippen LogP contribution in [0.5, 0.6) is 17.2 Å². The second-order valence-electron chi connectivity index (χ2n) is 8.06. The van der Waals surface area contributed by atoms with Crippen LogP contribution >= 0.6 is 11.3 Å². The minimum Gasteiger partial charge on any atom is -0.508 e. The summed E-state index contributed by atoms with van der Waals surface area (Å²) >= 11 is 0.896. The molecule has 0 bridgehead atoms. The van der Waals surface area contributed by atoms with E-state index in [2.05, 4.69) is 4.98 Å². The van der Waals surface area contributed by atoms with Gasteiger partial charge in [-0.05, 0) is 42.0 Å². The zero-order chi connectivity index (χ0) is 25.1. The van der Waals surface area contributed by atoms with E-state index >= 15 is 0 Å². The lowest BCUT2D eigenvalue weighted by atomic mass is 9.95. The lowest BCUT2D eigenvalue weighted by Crippen LogP contribution is -2.29. The lowest BCUT2D eigenvalue weighted by Gasteiger charge is -2.23. The number of phenols is 1. The third-order valence-corrected chi connectivity index (χ3v) is 6.94. The molecule has 180 valence electrons. The van der Waals surface area contributed by atoms with Crippen LogP contribution in [-0.4, -0.2) is 33.7 Å². The minimum atomic E-state index is -1.13. The molecule has 0 aliphatic carbocycles. The fourth-order valence-corrected chi connectivity index (χ4v) is 5.21. The van der Waals surface area contributed by atoms with Crippen LogP contribution in [0.25, 0.3) is 16.0 Å². The van der Waals surface area contributed by atoms with E-state index in [1.807, 2.05) is 0 Å². The first-order valence-electron chi connectivity index (χ1n) is 10.6. The van der Waals surface area contributed by atoms with Crippen molar-refractivity contribution in [1.29, 1.82) is 0 Å². The number of halogens is 2. The highest BCUT2D eigenvalue weighted by Gasteiger charge is 2.48. The van der Waals surface area contributed by atoms with E-state index in [-0.39, 0.29) is 39.0 Å². The largest absolute Gasteiger partial charge is 0.508 e. The molecule has 1 fully saturated rings. The summed E-state index contributed by atoms with van der Waals surface area (Å²) in [5.41, 5.74) is 0.498. The standard InChI is InChI=1S/C25H14F2N2O6S/c26-14-8-16-19(9-15(14)27)36-25(28-16)29-21(11-1-4-13(30)5-2-11)20(23(32)24(29)33)22(31)12-3-6-17-18(7-12)35-10-34-17/h1-9,21,30-31H,10H2/b22-20+. The van der Waals surface area contributed by atoms with Crippen molar-refractivity contribution in [1.82, 2.24) is 4.98 Å². The molecular formula is C25H14F2N2O6S. The van der Waals surface area contributed by atoms with Crippen molar-refractivity contribution in [3.05, 3.63) is 82.9 Å². The molecule has 8 nitrogen and oxygen atoms in total. The van der Waals surface area contributed by atoms with Crippen LogP contribution in [0.15, 0.2) is 60.2 Å². The van der Waals surface area contributed by atoms with Gasteiger partial charge in [-0.15, -0.1) is 0 Å². The molecule has 4 aromatic rings. The number of rotatable bonds is 3. The predicted molar refractivity (Wildman–Crippen MR) is 125 cm³/mol. The molecule has 2 aliphatic rings. The van der Waals surface area contributed by atoms with Gasteiger partial charge >= 0.3 is 5.91 Å². The van der Waals surface area contributed by atoms with E-state index in [0.29, 0.717) is 17.1 Å². The Morgan fingerprint density at radius 1 is 1.00 bits per heavy atom. The van der Waals surface area contributed by atoms with E-state index in [1.165, 1.54) is 36.4 Å². The zero-order valence-corrected chi connectivity index (χ0v) is 18.9. The van der Waals surface area contributed by atoms with Gasteiger partial charge in [0.25, 0.3) is 5.78 Å². The van der Waals surface area contributed by atoms with Crippen LogP contribution in [0, 0.1) is 11.6 Å². The first-order chi connectivity index (χ1) is 17.3. The molecule has 36 heavy (non-hydrogen) atoms. The molecule has 0 radical (unpaired) electrons. The van der Waals surface area contributed by atoms with Crippen LogP contribution in [0.3, 0.4) is 0 Å². The first-order valence-corrected chi connectivity index (χ1v) is 11.4. The number of aromatic hydroxyl groups is 1. The molecule has 3 heterocycles. The third-order valence-electron chi connectivity index (χ3n) is 5.92. The van der Waals surface area contributed by atoms with Crippen molar-refractivity contribution in [2.75, 3.05) is 11.7 Å². The van der Waals surface area contributed by atoms with E-state index in [4.69, 9.17) is 9.47 Å². The molecule has 1 unspecified atom stereocenters. The predicted octanol–water partition coefficient (Wildman–Crippen LogP) is 4.64. The number of carbonyl (C=O) groups is 2. The maximum absolute atomic E-state index is 13.8. The van der Waals surface area contributed by atoms with Gasteiger partial charge in [-0.1, -0.05) is 23.5 Å². The second kappa shape index (κ2) is 8.02. The van der Waals surface area contributed by atoms with Gasteiger partial charge < -0.3 is 19.7 Å². The summed E-state index contributed by atoms with van der Waals surface area (Å²) in [6.07, 6.45) is 0. The van der Waals surface area contributed by atoms with Crippen LogP contribution < -0.4 is 14.4 Å². The number of aromatic nitrogens is 1. The summed E-state index contributed by atoms with van der Waals surface area (Å²) in [4.78, 5) is 31.9. The fraction of sp³-hybridized carbons (Fsp3) is 0.0800. The molecule has 0 saturated carbocycles. The highest BCUT2D eigenvalue weighted by Crippen LogP contribution is 2.45. The number of hydrogen-bond donors (Lipinski definition) is 2.